The lowest BCUT2D eigenvalue weighted by atomic mass is 10.2. The Morgan fingerprint density at radius 2 is 1.80 bits per heavy atom. The Balaban J connectivity index is 2.00. The molecule has 0 aliphatic rings. The lowest BCUT2D eigenvalue weighted by molar-refractivity contribution is 0.336. The Bertz CT molecular complexity index is 736. The minimum absolute atomic E-state index is 0.0223. The van der Waals surface area contributed by atoms with Crippen LogP contribution in [-0.2, 0) is 0 Å². The maximum atomic E-state index is 9.83. The molecule has 98 valence electrons. The van der Waals surface area contributed by atoms with E-state index in [1.54, 1.807) is 24.4 Å². The molecular weight excluding hydrogens is 254 g/mol. The maximum absolute atomic E-state index is 9.83. The van der Waals surface area contributed by atoms with Crippen molar-refractivity contribution in [3.05, 3.63) is 66.1 Å². The van der Waals surface area contributed by atoms with Crippen molar-refractivity contribution < 1.29 is 9.52 Å². The molecule has 0 bridgehead atoms. The summed E-state index contributed by atoms with van der Waals surface area (Å²) in [5, 5.41) is 17.9. The van der Waals surface area contributed by atoms with E-state index in [9.17, 15) is 5.11 Å². The van der Waals surface area contributed by atoms with E-state index >= 15 is 0 Å². The molecule has 0 amide bonds. The SMILES string of the molecule is N=C(c1ccccn1)c1nc(-c2ccccc2)oc1O. The minimum atomic E-state index is -0.375. The van der Waals surface area contributed by atoms with Gasteiger partial charge in [-0.05, 0) is 24.3 Å². The number of pyridine rings is 1. The Kier molecular flexibility index (Phi) is 3.01. The molecule has 5 heteroatoms. The average molecular weight is 265 g/mol. The van der Waals surface area contributed by atoms with Gasteiger partial charge >= 0.3 is 5.95 Å². The monoisotopic (exact) mass is 265 g/mol. The number of rotatable bonds is 3. The summed E-state index contributed by atoms with van der Waals surface area (Å²) < 4.78 is 5.22. The Labute approximate surface area is 115 Å². The van der Waals surface area contributed by atoms with Gasteiger partial charge in [-0.15, -0.1) is 0 Å². The summed E-state index contributed by atoms with van der Waals surface area (Å²) in [7, 11) is 0. The van der Waals surface area contributed by atoms with Gasteiger partial charge in [0.1, 0.15) is 5.71 Å². The predicted octanol–water partition coefficient (Wildman–Crippen LogP) is 2.86. The number of aromatic nitrogens is 2. The Morgan fingerprint density at radius 3 is 2.50 bits per heavy atom. The molecule has 3 rings (SSSR count). The second kappa shape index (κ2) is 4.97. The predicted molar refractivity (Wildman–Crippen MR) is 73.8 cm³/mol. The van der Waals surface area contributed by atoms with Crippen LogP contribution in [0.15, 0.2) is 59.1 Å². The molecule has 5 nitrogen and oxygen atoms in total. The lowest BCUT2D eigenvalue weighted by Crippen LogP contribution is -2.04. The van der Waals surface area contributed by atoms with Crippen molar-refractivity contribution in [1.82, 2.24) is 9.97 Å². The molecule has 0 radical (unpaired) electrons. The van der Waals surface area contributed by atoms with Crippen molar-refractivity contribution >= 4 is 5.71 Å². The molecule has 0 fully saturated rings. The maximum Gasteiger partial charge on any atom is 0.313 e. The molecule has 3 aromatic rings. The fraction of sp³-hybridized carbons (Fsp3) is 0. The highest BCUT2D eigenvalue weighted by Gasteiger charge is 2.19. The normalized spacial score (nSPS) is 10.4. The summed E-state index contributed by atoms with van der Waals surface area (Å²) in [4.78, 5) is 8.24. The average Bonchev–Trinajstić information content (AvgIpc) is 2.90. The van der Waals surface area contributed by atoms with Crippen molar-refractivity contribution in [3.8, 4) is 17.4 Å². The van der Waals surface area contributed by atoms with Crippen molar-refractivity contribution in [2.45, 2.75) is 0 Å². The number of benzene rings is 1. The highest BCUT2D eigenvalue weighted by atomic mass is 16.5. The molecule has 1 aromatic carbocycles. The third kappa shape index (κ3) is 2.16. The van der Waals surface area contributed by atoms with E-state index in [-0.39, 0.29) is 23.2 Å². The van der Waals surface area contributed by atoms with Crippen molar-refractivity contribution in [1.29, 1.82) is 5.41 Å². The van der Waals surface area contributed by atoms with Gasteiger partial charge in [0.05, 0.1) is 5.69 Å². The molecule has 2 aromatic heterocycles. The first-order valence-corrected chi connectivity index (χ1v) is 6.01. The van der Waals surface area contributed by atoms with E-state index in [4.69, 9.17) is 9.83 Å². The van der Waals surface area contributed by atoms with Crippen LogP contribution >= 0.6 is 0 Å². The van der Waals surface area contributed by atoms with E-state index < -0.39 is 0 Å². The van der Waals surface area contributed by atoms with E-state index in [0.717, 1.165) is 5.56 Å². The second-order valence-corrected chi connectivity index (χ2v) is 4.13. The fourth-order valence-corrected chi connectivity index (χ4v) is 1.81. The molecule has 2 heterocycles. The number of hydrogen-bond donors (Lipinski definition) is 2. The molecule has 0 saturated carbocycles. The Hall–Kier alpha value is -2.95. The van der Waals surface area contributed by atoms with Crippen LogP contribution < -0.4 is 0 Å². The van der Waals surface area contributed by atoms with Crippen LogP contribution in [0, 0.1) is 5.41 Å². The summed E-state index contributed by atoms with van der Waals surface area (Å²) in [6.07, 6.45) is 1.58. The van der Waals surface area contributed by atoms with E-state index in [1.807, 2.05) is 30.3 Å². The number of oxazole rings is 1. The largest absolute Gasteiger partial charge is 0.479 e. The zero-order valence-electron chi connectivity index (χ0n) is 10.4. The molecule has 0 atom stereocenters. The smallest absolute Gasteiger partial charge is 0.313 e. The van der Waals surface area contributed by atoms with Gasteiger partial charge in [-0.2, -0.15) is 0 Å². The first kappa shape index (κ1) is 12.1. The van der Waals surface area contributed by atoms with E-state index in [2.05, 4.69) is 9.97 Å². The van der Waals surface area contributed by atoms with Crippen LogP contribution in [0.1, 0.15) is 11.4 Å². The van der Waals surface area contributed by atoms with E-state index in [1.165, 1.54) is 0 Å². The number of nitrogens with one attached hydrogen (secondary N) is 1. The fourth-order valence-electron chi connectivity index (χ4n) is 1.81. The van der Waals surface area contributed by atoms with Gasteiger partial charge in [0.25, 0.3) is 0 Å². The second-order valence-electron chi connectivity index (χ2n) is 4.13. The third-order valence-electron chi connectivity index (χ3n) is 2.79. The van der Waals surface area contributed by atoms with Gasteiger partial charge in [-0.3, -0.25) is 10.4 Å². The zero-order chi connectivity index (χ0) is 13.9. The lowest BCUT2D eigenvalue weighted by Gasteiger charge is -1.98. The van der Waals surface area contributed by atoms with Crippen LogP contribution in [0.4, 0.5) is 0 Å². The summed E-state index contributed by atoms with van der Waals surface area (Å²) in [5.74, 6) is -0.0988. The Morgan fingerprint density at radius 1 is 1.05 bits per heavy atom. The molecular formula is C15H11N3O2. The molecule has 0 aliphatic heterocycles. The first-order chi connectivity index (χ1) is 9.75. The van der Waals surface area contributed by atoms with Crippen molar-refractivity contribution in [2.75, 3.05) is 0 Å². The number of nitrogens with zero attached hydrogens (tertiary/aromatic N) is 2. The van der Waals surface area contributed by atoms with Crippen molar-refractivity contribution in [3.63, 3.8) is 0 Å². The van der Waals surface area contributed by atoms with Gasteiger partial charge in [0.2, 0.25) is 5.89 Å². The van der Waals surface area contributed by atoms with Crippen LogP contribution in [0.5, 0.6) is 5.95 Å². The number of aromatic hydroxyl groups is 1. The number of hydrogen-bond acceptors (Lipinski definition) is 5. The summed E-state index contributed by atoms with van der Waals surface area (Å²) in [6.45, 7) is 0. The molecule has 0 aliphatic carbocycles. The third-order valence-corrected chi connectivity index (χ3v) is 2.79. The highest BCUT2D eigenvalue weighted by molar-refractivity contribution is 6.09. The van der Waals surface area contributed by atoms with Crippen LogP contribution in [0.25, 0.3) is 11.5 Å². The first-order valence-electron chi connectivity index (χ1n) is 6.01. The molecule has 2 N–H and O–H groups in total. The zero-order valence-corrected chi connectivity index (χ0v) is 10.4. The standard InChI is InChI=1S/C15H11N3O2/c16-12(11-8-4-5-9-17-11)13-15(19)20-14(18-13)10-6-2-1-3-7-10/h1-9,16,19H. The van der Waals surface area contributed by atoms with Gasteiger partial charge < -0.3 is 9.52 Å². The van der Waals surface area contributed by atoms with Crippen LogP contribution in [0.3, 0.4) is 0 Å². The van der Waals surface area contributed by atoms with E-state index in [0.29, 0.717) is 5.69 Å². The quantitative estimate of drug-likeness (QED) is 0.713. The minimum Gasteiger partial charge on any atom is -0.479 e. The molecule has 0 unspecified atom stereocenters. The van der Waals surface area contributed by atoms with Gasteiger partial charge in [0.15, 0.2) is 5.69 Å². The topological polar surface area (TPSA) is 83.0 Å². The van der Waals surface area contributed by atoms with Crippen LogP contribution in [0.2, 0.25) is 0 Å². The molecule has 0 spiro atoms. The highest BCUT2D eigenvalue weighted by Crippen LogP contribution is 2.27. The summed E-state index contributed by atoms with van der Waals surface area (Å²) in [6, 6.07) is 14.4. The molecule has 20 heavy (non-hydrogen) atoms. The molecule has 0 saturated heterocycles. The van der Waals surface area contributed by atoms with Gasteiger partial charge in [-0.25, -0.2) is 4.98 Å². The van der Waals surface area contributed by atoms with Crippen LogP contribution in [-0.4, -0.2) is 20.8 Å². The summed E-state index contributed by atoms with van der Waals surface area (Å²) in [5.41, 5.74) is 1.27. The summed E-state index contributed by atoms with van der Waals surface area (Å²) >= 11 is 0. The van der Waals surface area contributed by atoms with Crippen molar-refractivity contribution in [2.24, 2.45) is 0 Å². The van der Waals surface area contributed by atoms with Gasteiger partial charge in [0, 0.05) is 11.8 Å². The van der Waals surface area contributed by atoms with Gasteiger partial charge in [-0.1, -0.05) is 24.3 Å².